The molecule has 0 aliphatic carbocycles. The monoisotopic (exact) mass is 326 g/mol. The second-order valence-corrected chi connectivity index (χ2v) is 5.94. The summed E-state index contributed by atoms with van der Waals surface area (Å²) in [6, 6.07) is 6.95. The molecule has 1 fully saturated rings. The minimum Gasteiger partial charge on any atom is -0.507 e. The number of likely N-dealkylation sites (tertiary alicyclic amines) is 1. The number of phenols is 1. The van der Waals surface area contributed by atoms with Gasteiger partial charge in [0.05, 0.1) is 18.3 Å². The molecule has 0 radical (unpaired) electrons. The number of hydrogen-bond acceptors (Lipinski definition) is 7. The van der Waals surface area contributed by atoms with E-state index in [1.165, 1.54) is 0 Å². The summed E-state index contributed by atoms with van der Waals surface area (Å²) in [6.45, 7) is 2.47. The van der Waals surface area contributed by atoms with E-state index in [1.54, 1.807) is 30.7 Å². The molecular formula is C17H18N4O3. The summed E-state index contributed by atoms with van der Waals surface area (Å²) in [5.41, 5.74) is 0.554. The van der Waals surface area contributed by atoms with Crippen molar-refractivity contribution < 1.29 is 13.9 Å². The zero-order valence-electron chi connectivity index (χ0n) is 13.1. The average molecular weight is 326 g/mol. The Bertz CT molecular complexity index is 792. The average Bonchev–Trinajstić information content (AvgIpc) is 3.28. The van der Waals surface area contributed by atoms with Gasteiger partial charge >= 0.3 is 0 Å². The van der Waals surface area contributed by atoms with E-state index in [4.69, 9.17) is 8.83 Å². The van der Waals surface area contributed by atoms with Gasteiger partial charge in [-0.25, -0.2) is 4.98 Å². The van der Waals surface area contributed by atoms with E-state index in [1.807, 2.05) is 6.07 Å². The number of benzene rings is 1. The van der Waals surface area contributed by atoms with E-state index in [2.05, 4.69) is 20.1 Å². The van der Waals surface area contributed by atoms with Gasteiger partial charge in [-0.05, 0) is 38.1 Å². The van der Waals surface area contributed by atoms with Crippen LogP contribution in [0.5, 0.6) is 5.75 Å². The molecule has 0 amide bonds. The Balaban J connectivity index is 1.38. The standard InChI is InChI=1S/C17H18N4O3/c22-14-4-2-1-3-13(14)17-20-19-15(24-17)11-21-8-5-12(6-9-21)16-18-7-10-23-16/h1-4,7,10,12,22H,5-6,8-9,11H2. The summed E-state index contributed by atoms with van der Waals surface area (Å²) >= 11 is 0. The van der Waals surface area contributed by atoms with Crippen LogP contribution < -0.4 is 0 Å². The molecule has 0 atom stereocenters. The minimum atomic E-state index is 0.138. The van der Waals surface area contributed by atoms with Crippen molar-refractivity contribution in [2.75, 3.05) is 13.1 Å². The molecule has 4 rings (SSSR count). The van der Waals surface area contributed by atoms with Crippen LogP contribution in [-0.4, -0.2) is 38.3 Å². The first kappa shape index (κ1) is 14.9. The highest BCUT2D eigenvalue weighted by Crippen LogP contribution is 2.29. The van der Waals surface area contributed by atoms with Crippen LogP contribution in [0.4, 0.5) is 0 Å². The number of rotatable bonds is 4. The van der Waals surface area contributed by atoms with Crippen LogP contribution >= 0.6 is 0 Å². The molecule has 7 nitrogen and oxygen atoms in total. The number of hydrogen-bond donors (Lipinski definition) is 1. The van der Waals surface area contributed by atoms with Gasteiger partial charge in [-0.15, -0.1) is 10.2 Å². The number of nitrogens with zero attached hydrogens (tertiary/aromatic N) is 4. The zero-order chi connectivity index (χ0) is 16.4. The van der Waals surface area contributed by atoms with Gasteiger partial charge in [-0.2, -0.15) is 0 Å². The molecule has 0 bridgehead atoms. The molecule has 3 heterocycles. The van der Waals surface area contributed by atoms with E-state index >= 15 is 0 Å². The number of para-hydroxylation sites is 1. The van der Waals surface area contributed by atoms with Crippen molar-refractivity contribution in [3.63, 3.8) is 0 Å². The fourth-order valence-corrected chi connectivity index (χ4v) is 3.05. The topological polar surface area (TPSA) is 88.4 Å². The molecule has 1 saturated heterocycles. The van der Waals surface area contributed by atoms with Crippen LogP contribution in [0.2, 0.25) is 0 Å². The quantitative estimate of drug-likeness (QED) is 0.788. The maximum atomic E-state index is 9.86. The summed E-state index contributed by atoms with van der Waals surface area (Å²) in [5, 5.41) is 18.0. The van der Waals surface area contributed by atoms with Crippen molar-refractivity contribution in [3.05, 3.63) is 48.5 Å². The Labute approximate surface area is 138 Å². The minimum absolute atomic E-state index is 0.138. The lowest BCUT2D eigenvalue weighted by molar-refractivity contribution is 0.178. The predicted molar refractivity (Wildman–Crippen MR) is 85.2 cm³/mol. The lowest BCUT2D eigenvalue weighted by Gasteiger charge is -2.29. The lowest BCUT2D eigenvalue weighted by Crippen LogP contribution is -2.32. The molecule has 124 valence electrons. The van der Waals surface area contributed by atoms with Crippen LogP contribution in [0.3, 0.4) is 0 Å². The molecule has 1 aromatic carbocycles. The predicted octanol–water partition coefficient (Wildman–Crippen LogP) is 2.81. The molecule has 7 heteroatoms. The summed E-state index contributed by atoms with van der Waals surface area (Å²) in [5.74, 6) is 2.25. The SMILES string of the molecule is Oc1ccccc1-c1nnc(CN2CCC(c3ncco3)CC2)o1. The van der Waals surface area contributed by atoms with Crippen molar-refractivity contribution >= 4 is 0 Å². The molecule has 0 unspecified atom stereocenters. The molecule has 1 N–H and O–H groups in total. The second kappa shape index (κ2) is 6.45. The zero-order valence-corrected chi connectivity index (χ0v) is 13.1. The van der Waals surface area contributed by atoms with E-state index in [-0.39, 0.29) is 5.75 Å². The summed E-state index contributed by atoms with van der Waals surface area (Å²) in [7, 11) is 0. The fraction of sp³-hybridized carbons (Fsp3) is 0.353. The maximum absolute atomic E-state index is 9.86. The number of aromatic hydroxyl groups is 1. The fourth-order valence-electron chi connectivity index (χ4n) is 3.05. The van der Waals surface area contributed by atoms with Gasteiger partial charge in [0.2, 0.25) is 5.89 Å². The van der Waals surface area contributed by atoms with Gasteiger partial charge in [-0.1, -0.05) is 12.1 Å². The highest BCUT2D eigenvalue weighted by Gasteiger charge is 2.24. The van der Waals surface area contributed by atoms with Crippen LogP contribution in [0.1, 0.15) is 30.5 Å². The number of aromatic nitrogens is 3. The van der Waals surface area contributed by atoms with E-state index < -0.39 is 0 Å². The van der Waals surface area contributed by atoms with Crippen LogP contribution in [0, 0.1) is 0 Å². The smallest absolute Gasteiger partial charge is 0.251 e. The van der Waals surface area contributed by atoms with Crippen molar-refractivity contribution in [2.45, 2.75) is 25.3 Å². The third-order valence-corrected chi connectivity index (χ3v) is 4.35. The Morgan fingerprint density at radius 1 is 1.17 bits per heavy atom. The van der Waals surface area contributed by atoms with Gasteiger partial charge in [0.25, 0.3) is 5.89 Å². The van der Waals surface area contributed by atoms with Gasteiger partial charge in [-0.3, -0.25) is 4.90 Å². The van der Waals surface area contributed by atoms with Gasteiger partial charge in [0, 0.05) is 5.92 Å². The van der Waals surface area contributed by atoms with Crippen LogP contribution in [-0.2, 0) is 6.54 Å². The number of phenolic OH excluding ortho intramolecular Hbond substituents is 1. The largest absolute Gasteiger partial charge is 0.507 e. The lowest BCUT2D eigenvalue weighted by atomic mass is 9.97. The molecule has 1 aliphatic heterocycles. The second-order valence-electron chi connectivity index (χ2n) is 5.94. The Kier molecular flexibility index (Phi) is 4.00. The first-order valence-corrected chi connectivity index (χ1v) is 8.02. The van der Waals surface area contributed by atoms with Crippen LogP contribution in [0.25, 0.3) is 11.5 Å². The van der Waals surface area contributed by atoms with E-state index in [0.717, 1.165) is 31.8 Å². The molecule has 2 aromatic heterocycles. The molecule has 3 aromatic rings. The van der Waals surface area contributed by atoms with Crippen molar-refractivity contribution in [3.8, 4) is 17.2 Å². The molecule has 0 saturated carbocycles. The van der Waals surface area contributed by atoms with Gasteiger partial charge in [0.1, 0.15) is 12.0 Å². The van der Waals surface area contributed by atoms with E-state index in [9.17, 15) is 5.11 Å². The number of piperidine rings is 1. The summed E-state index contributed by atoms with van der Waals surface area (Å²) in [6.07, 6.45) is 5.32. The third-order valence-electron chi connectivity index (χ3n) is 4.35. The maximum Gasteiger partial charge on any atom is 0.251 e. The van der Waals surface area contributed by atoms with Crippen molar-refractivity contribution in [1.29, 1.82) is 0 Å². The van der Waals surface area contributed by atoms with Gasteiger partial charge < -0.3 is 13.9 Å². The molecule has 24 heavy (non-hydrogen) atoms. The van der Waals surface area contributed by atoms with Crippen molar-refractivity contribution in [1.82, 2.24) is 20.1 Å². The van der Waals surface area contributed by atoms with Crippen molar-refractivity contribution in [2.24, 2.45) is 0 Å². The third kappa shape index (κ3) is 3.03. The Morgan fingerprint density at radius 3 is 2.75 bits per heavy atom. The summed E-state index contributed by atoms with van der Waals surface area (Å²) in [4.78, 5) is 6.52. The highest BCUT2D eigenvalue weighted by atomic mass is 16.4. The first-order valence-electron chi connectivity index (χ1n) is 8.02. The van der Waals surface area contributed by atoms with E-state index in [0.29, 0.717) is 29.8 Å². The Morgan fingerprint density at radius 2 is 2.00 bits per heavy atom. The number of oxazole rings is 1. The molecular weight excluding hydrogens is 308 g/mol. The van der Waals surface area contributed by atoms with Gasteiger partial charge in [0.15, 0.2) is 5.89 Å². The Hall–Kier alpha value is -2.67. The molecule has 1 aliphatic rings. The summed E-state index contributed by atoms with van der Waals surface area (Å²) < 4.78 is 11.1. The normalized spacial score (nSPS) is 16.5. The van der Waals surface area contributed by atoms with Crippen LogP contribution in [0.15, 0.2) is 45.6 Å². The highest BCUT2D eigenvalue weighted by molar-refractivity contribution is 5.61. The first-order chi connectivity index (χ1) is 11.8. The molecule has 0 spiro atoms.